The van der Waals surface area contributed by atoms with E-state index in [0.29, 0.717) is 11.6 Å². The van der Waals surface area contributed by atoms with Crippen molar-refractivity contribution in [3.05, 3.63) is 30.5 Å². The third-order valence-electron chi connectivity index (χ3n) is 1.65. The molecule has 0 saturated carbocycles. The summed E-state index contributed by atoms with van der Waals surface area (Å²) in [6.45, 7) is 0. The Kier molecular flexibility index (Phi) is 2.29. The van der Waals surface area contributed by atoms with Crippen LogP contribution in [0, 0.1) is 11.3 Å². The molecule has 0 unspecified atom stereocenters. The van der Waals surface area contributed by atoms with Crippen molar-refractivity contribution >= 4 is 0 Å². The van der Waals surface area contributed by atoms with E-state index in [1.54, 1.807) is 24.1 Å². The van der Waals surface area contributed by atoms with Crippen LogP contribution in [0.1, 0.15) is 5.69 Å². The number of ether oxygens (including phenoxy) is 1. The van der Waals surface area contributed by atoms with E-state index >= 15 is 0 Å². The smallest absolute Gasteiger partial charge is 0.238 e. The van der Waals surface area contributed by atoms with E-state index in [9.17, 15) is 0 Å². The van der Waals surface area contributed by atoms with Crippen molar-refractivity contribution in [3.8, 4) is 17.7 Å². The summed E-state index contributed by atoms with van der Waals surface area (Å²) in [5.74, 6) is 0.915. The van der Waals surface area contributed by atoms with E-state index in [4.69, 9.17) is 10.00 Å². The van der Waals surface area contributed by atoms with Crippen molar-refractivity contribution < 1.29 is 4.74 Å². The molecule has 0 fully saturated rings. The van der Waals surface area contributed by atoms with Crippen LogP contribution in [-0.4, -0.2) is 19.7 Å². The van der Waals surface area contributed by atoms with Crippen LogP contribution in [0.2, 0.25) is 0 Å². The molecule has 74 valence electrons. The van der Waals surface area contributed by atoms with Gasteiger partial charge in [-0.3, -0.25) is 4.68 Å². The normalized spacial score (nSPS) is 9.60. The SMILES string of the molecule is Cn1cc(Oc2cnc(C#N)cn2)cn1. The molecule has 2 heterocycles. The second-order valence-corrected chi connectivity index (χ2v) is 2.80. The van der Waals surface area contributed by atoms with Gasteiger partial charge in [-0.2, -0.15) is 10.4 Å². The Morgan fingerprint density at radius 3 is 2.73 bits per heavy atom. The van der Waals surface area contributed by atoms with Crippen LogP contribution >= 0.6 is 0 Å². The molecule has 15 heavy (non-hydrogen) atoms. The number of nitriles is 1. The molecule has 0 amide bonds. The van der Waals surface area contributed by atoms with Crippen LogP contribution in [0.4, 0.5) is 0 Å². The van der Waals surface area contributed by atoms with E-state index in [1.807, 2.05) is 6.07 Å². The molecule has 6 nitrogen and oxygen atoms in total. The number of aryl methyl sites for hydroxylation is 1. The maximum atomic E-state index is 8.51. The van der Waals surface area contributed by atoms with Crippen molar-refractivity contribution in [2.75, 3.05) is 0 Å². The van der Waals surface area contributed by atoms with Gasteiger partial charge in [0, 0.05) is 7.05 Å². The largest absolute Gasteiger partial charge is 0.434 e. The first-order valence-corrected chi connectivity index (χ1v) is 4.16. The Bertz CT molecular complexity index is 496. The molecular weight excluding hydrogens is 194 g/mol. The summed E-state index contributed by atoms with van der Waals surface area (Å²) in [7, 11) is 1.79. The van der Waals surface area contributed by atoms with Crippen LogP contribution in [-0.2, 0) is 7.05 Å². The van der Waals surface area contributed by atoms with Crippen LogP contribution in [0.25, 0.3) is 0 Å². The average Bonchev–Trinajstić information content (AvgIpc) is 2.65. The first-order chi connectivity index (χ1) is 7.28. The summed E-state index contributed by atoms with van der Waals surface area (Å²) in [5, 5.41) is 12.5. The van der Waals surface area contributed by atoms with E-state index in [1.165, 1.54) is 12.4 Å². The zero-order valence-corrected chi connectivity index (χ0v) is 7.95. The van der Waals surface area contributed by atoms with Gasteiger partial charge in [0.05, 0.1) is 24.8 Å². The van der Waals surface area contributed by atoms with Gasteiger partial charge in [-0.05, 0) is 0 Å². The third-order valence-corrected chi connectivity index (χ3v) is 1.65. The van der Waals surface area contributed by atoms with Gasteiger partial charge in [0.1, 0.15) is 6.07 Å². The topological polar surface area (TPSA) is 76.6 Å². The van der Waals surface area contributed by atoms with Gasteiger partial charge in [0.25, 0.3) is 0 Å². The summed E-state index contributed by atoms with van der Waals surface area (Å²) in [6, 6.07) is 1.88. The lowest BCUT2D eigenvalue weighted by Crippen LogP contribution is -1.90. The minimum absolute atomic E-state index is 0.258. The Morgan fingerprint density at radius 1 is 1.33 bits per heavy atom. The fourth-order valence-corrected chi connectivity index (χ4v) is 0.999. The van der Waals surface area contributed by atoms with Gasteiger partial charge < -0.3 is 4.74 Å². The highest BCUT2D eigenvalue weighted by atomic mass is 16.5. The van der Waals surface area contributed by atoms with Gasteiger partial charge in [-0.25, -0.2) is 9.97 Å². The minimum Gasteiger partial charge on any atom is -0.434 e. The molecule has 0 bridgehead atoms. The predicted molar refractivity (Wildman–Crippen MR) is 50.0 cm³/mol. The average molecular weight is 201 g/mol. The lowest BCUT2D eigenvalue weighted by Gasteiger charge is -1.99. The van der Waals surface area contributed by atoms with Crippen LogP contribution in [0.5, 0.6) is 11.6 Å². The molecule has 0 aliphatic carbocycles. The van der Waals surface area contributed by atoms with Gasteiger partial charge >= 0.3 is 0 Å². The summed E-state index contributed by atoms with van der Waals surface area (Å²) in [5.41, 5.74) is 0.258. The summed E-state index contributed by atoms with van der Waals surface area (Å²) in [6.07, 6.45) is 6.02. The fourth-order valence-electron chi connectivity index (χ4n) is 0.999. The Balaban J connectivity index is 2.15. The highest BCUT2D eigenvalue weighted by molar-refractivity contribution is 5.22. The zero-order valence-electron chi connectivity index (χ0n) is 7.95. The first-order valence-electron chi connectivity index (χ1n) is 4.16. The molecular formula is C9H7N5O. The minimum atomic E-state index is 0.258. The van der Waals surface area contributed by atoms with Crippen molar-refractivity contribution in [1.29, 1.82) is 5.26 Å². The molecule has 0 saturated heterocycles. The maximum Gasteiger partial charge on any atom is 0.238 e. The molecule has 2 aromatic rings. The van der Waals surface area contributed by atoms with Crippen molar-refractivity contribution in [3.63, 3.8) is 0 Å². The molecule has 0 N–H and O–H groups in total. The highest BCUT2D eigenvalue weighted by Crippen LogP contribution is 2.16. The second-order valence-electron chi connectivity index (χ2n) is 2.80. The Morgan fingerprint density at radius 2 is 2.20 bits per heavy atom. The van der Waals surface area contributed by atoms with E-state index in [0.717, 1.165) is 0 Å². The fraction of sp³-hybridized carbons (Fsp3) is 0.111. The van der Waals surface area contributed by atoms with Gasteiger partial charge in [0.15, 0.2) is 11.4 Å². The zero-order chi connectivity index (χ0) is 10.7. The standard InChI is InChI=1S/C9H7N5O/c1-14-6-8(4-13-14)15-9-5-11-7(2-10)3-12-9/h3-6H,1H3. The summed E-state index contributed by atoms with van der Waals surface area (Å²) in [4.78, 5) is 7.73. The van der Waals surface area contributed by atoms with Crippen molar-refractivity contribution in [1.82, 2.24) is 19.7 Å². The monoisotopic (exact) mass is 201 g/mol. The molecule has 2 aromatic heterocycles. The van der Waals surface area contributed by atoms with Gasteiger partial charge in [-0.1, -0.05) is 0 Å². The predicted octanol–water partition coefficient (Wildman–Crippen LogP) is 0.874. The van der Waals surface area contributed by atoms with Crippen LogP contribution in [0.15, 0.2) is 24.8 Å². The quantitative estimate of drug-likeness (QED) is 0.720. The first kappa shape index (κ1) is 9.15. The van der Waals surface area contributed by atoms with E-state index < -0.39 is 0 Å². The summed E-state index contributed by atoms with van der Waals surface area (Å²) < 4.78 is 6.95. The van der Waals surface area contributed by atoms with Crippen molar-refractivity contribution in [2.24, 2.45) is 7.05 Å². The summed E-state index contributed by atoms with van der Waals surface area (Å²) >= 11 is 0. The van der Waals surface area contributed by atoms with Gasteiger partial charge in [0.2, 0.25) is 5.88 Å². The highest BCUT2D eigenvalue weighted by Gasteiger charge is 2.01. The number of rotatable bonds is 2. The molecule has 6 heteroatoms. The van der Waals surface area contributed by atoms with E-state index in [-0.39, 0.29) is 5.69 Å². The molecule has 0 radical (unpaired) electrons. The molecule has 0 aliphatic heterocycles. The lowest BCUT2D eigenvalue weighted by molar-refractivity contribution is 0.459. The number of nitrogens with zero attached hydrogens (tertiary/aromatic N) is 5. The molecule has 0 atom stereocenters. The molecule has 0 aliphatic rings. The Labute approximate surface area is 85.8 Å². The van der Waals surface area contributed by atoms with Crippen LogP contribution < -0.4 is 4.74 Å². The number of hydrogen-bond acceptors (Lipinski definition) is 5. The van der Waals surface area contributed by atoms with Crippen LogP contribution in [0.3, 0.4) is 0 Å². The lowest BCUT2D eigenvalue weighted by atomic mass is 10.5. The number of aromatic nitrogens is 4. The number of hydrogen-bond donors (Lipinski definition) is 0. The van der Waals surface area contributed by atoms with Gasteiger partial charge in [-0.15, -0.1) is 0 Å². The third kappa shape index (κ3) is 2.08. The van der Waals surface area contributed by atoms with E-state index in [2.05, 4.69) is 15.1 Å². The Hall–Kier alpha value is -2.42. The molecule has 0 aromatic carbocycles. The molecule has 2 rings (SSSR count). The van der Waals surface area contributed by atoms with Crippen molar-refractivity contribution in [2.45, 2.75) is 0 Å². The maximum absolute atomic E-state index is 8.51. The second kappa shape index (κ2) is 3.75. The molecule has 0 spiro atoms.